The average molecular weight is 382 g/mol. The lowest BCUT2D eigenvalue weighted by molar-refractivity contribution is -0.384. The first kappa shape index (κ1) is 19.6. The molecule has 26 heavy (non-hydrogen) atoms. The Morgan fingerprint density at radius 1 is 1.12 bits per heavy atom. The van der Waals surface area contributed by atoms with E-state index < -0.39 is 21.1 Å². The molecule has 2 rings (SSSR count). The smallest absolute Gasteiger partial charge is 0.269 e. The maximum absolute atomic E-state index is 12.2. The van der Waals surface area contributed by atoms with Crippen LogP contribution in [0.25, 0.3) is 0 Å². The summed E-state index contributed by atoms with van der Waals surface area (Å²) in [5.41, 5.74) is 0.225. The molecule has 0 saturated heterocycles. The van der Waals surface area contributed by atoms with Gasteiger partial charge in [-0.3, -0.25) is 10.1 Å². The predicted octanol–water partition coefficient (Wildman–Crippen LogP) is 1.62. The molecule has 0 fully saturated rings. The first-order valence-corrected chi connectivity index (χ1v) is 8.91. The molecule has 9 nitrogen and oxygen atoms in total. The molecule has 0 aliphatic carbocycles. The molecule has 0 radical (unpaired) electrons. The van der Waals surface area contributed by atoms with Crippen LogP contribution in [0.2, 0.25) is 0 Å². The summed E-state index contributed by atoms with van der Waals surface area (Å²) in [5.74, 6) is 0.886. The van der Waals surface area contributed by atoms with Gasteiger partial charge < -0.3 is 14.6 Å². The Morgan fingerprint density at radius 3 is 2.27 bits per heavy atom. The standard InChI is InChI=1S/C16H18N2O7S/c1-24-15-8-3-11(9-16(15)25-2)14(19)10-17-26(22,23)13-6-4-12(5-7-13)18(20)21/h3-9,14,17,19H,10H2,1-2H3. The molecule has 0 aliphatic rings. The first-order valence-electron chi connectivity index (χ1n) is 7.42. The van der Waals surface area contributed by atoms with Crippen molar-refractivity contribution in [2.45, 2.75) is 11.0 Å². The number of benzene rings is 2. The number of methoxy groups -OCH3 is 2. The maximum atomic E-state index is 12.2. The van der Waals surface area contributed by atoms with E-state index in [0.717, 1.165) is 24.3 Å². The van der Waals surface area contributed by atoms with Gasteiger partial charge in [-0.15, -0.1) is 0 Å². The summed E-state index contributed by atoms with van der Waals surface area (Å²) >= 11 is 0. The van der Waals surface area contributed by atoms with Gasteiger partial charge in [-0.2, -0.15) is 0 Å². The highest BCUT2D eigenvalue weighted by Gasteiger charge is 2.19. The van der Waals surface area contributed by atoms with E-state index >= 15 is 0 Å². The summed E-state index contributed by atoms with van der Waals surface area (Å²) in [5, 5.41) is 20.8. The molecule has 2 aromatic carbocycles. The van der Waals surface area contributed by atoms with Crippen LogP contribution >= 0.6 is 0 Å². The van der Waals surface area contributed by atoms with Crippen LogP contribution < -0.4 is 14.2 Å². The second-order valence-corrected chi connectivity index (χ2v) is 7.00. The third-order valence-corrected chi connectivity index (χ3v) is 5.06. The van der Waals surface area contributed by atoms with E-state index in [2.05, 4.69) is 4.72 Å². The maximum Gasteiger partial charge on any atom is 0.269 e. The highest BCUT2D eigenvalue weighted by Crippen LogP contribution is 2.30. The lowest BCUT2D eigenvalue weighted by Crippen LogP contribution is -2.28. The van der Waals surface area contributed by atoms with Crippen LogP contribution in [0.1, 0.15) is 11.7 Å². The highest BCUT2D eigenvalue weighted by atomic mass is 32.2. The number of aliphatic hydroxyl groups is 1. The number of non-ortho nitro benzene ring substituents is 1. The normalized spacial score (nSPS) is 12.4. The van der Waals surface area contributed by atoms with Crippen LogP contribution in [0.4, 0.5) is 5.69 Å². The van der Waals surface area contributed by atoms with Gasteiger partial charge in [0.05, 0.1) is 30.1 Å². The molecular weight excluding hydrogens is 364 g/mol. The second-order valence-electron chi connectivity index (χ2n) is 5.23. The van der Waals surface area contributed by atoms with E-state index in [9.17, 15) is 23.6 Å². The highest BCUT2D eigenvalue weighted by molar-refractivity contribution is 7.89. The largest absolute Gasteiger partial charge is 0.493 e. The minimum atomic E-state index is -3.92. The first-order chi connectivity index (χ1) is 12.3. The molecule has 0 amide bonds. The number of rotatable bonds is 8. The van der Waals surface area contributed by atoms with Crippen LogP contribution in [-0.4, -0.2) is 39.2 Å². The van der Waals surface area contributed by atoms with Crippen molar-refractivity contribution in [3.05, 3.63) is 58.1 Å². The molecule has 1 unspecified atom stereocenters. The van der Waals surface area contributed by atoms with Crippen molar-refractivity contribution >= 4 is 15.7 Å². The second kappa shape index (κ2) is 8.13. The van der Waals surface area contributed by atoms with Crippen LogP contribution in [0.5, 0.6) is 11.5 Å². The monoisotopic (exact) mass is 382 g/mol. The zero-order chi connectivity index (χ0) is 19.3. The van der Waals surface area contributed by atoms with E-state index in [0.29, 0.717) is 17.1 Å². The van der Waals surface area contributed by atoms with Crippen molar-refractivity contribution in [3.63, 3.8) is 0 Å². The Bertz CT molecular complexity index is 882. The fourth-order valence-electron chi connectivity index (χ4n) is 2.20. The minimum absolute atomic E-state index is 0.136. The van der Waals surface area contributed by atoms with Crippen LogP contribution in [0.15, 0.2) is 47.4 Å². The topological polar surface area (TPSA) is 128 Å². The SMILES string of the molecule is COc1ccc(C(O)CNS(=O)(=O)c2ccc([N+](=O)[O-])cc2)cc1OC. The third-order valence-electron chi connectivity index (χ3n) is 3.62. The van der Waals surface area contributed by atoms with Gasteiger partial charge >= 0.3 is 0 Å². The number of aliphatic hydroxyl groups excluding tert-OH is 1. The van der Waals surface area contributed by atoms with Crippen LogP contribution in [-0.2, 0) is 10.0 Å². The number of nitro benzene ring substituents is 1. The number of nitrogens with one attached hydrogen (secondary N) is 1. The van der Waals surface area contributed by atoms with Gasteiger partial charge in [0, 0.05) is 18.7 Å². The number of hydrogen-bond donors (Lipinski definition) is 2. The van der Waals surface area contributed by atoms with E-state index in [1.54, 1.807) is 18.2 Å². The molecule has 2 aromatic rings. The van der Waals surface area contributed by atoms with E-state index in [1.807, 2.05) is 0 Å². The average Bonchev–Trinajstić information content (AvgIpc) is 2.65. The summed E-state index contributed by atoms with van der Waals surface area (Å²) in [6.45, 7) is -0.283. The van der Waals surface area contributed by atoms with Crippen LogP contribution in [0.3, 0.4) is 0 Å². The van der Waals surface area contributed by atoms with E-state index in [1.165, 1.54) is 14.2 Å². The molecule has 0 aromatic heterocycles. The fourth-order valence-corrected chi connectivity index (χ4v) is 3.24. The number of nitro groups is 1. The van der Waals surface area contributed by atoms with Crippen molar-refractivity contribution in [3.8, 4) is 11.5 Å². The minimum Gasteiger partial charge on any atom is -0.493 e. The molecule has 1 atom stereocenters. The third kappa shape index (κ3) is 4.48. The Kier molecular flexibility index (Phi) is 6.14. The van der Waals surface area contributed by atoms with Gasteiger partial charge in [0.1, 0.15) is 0 Å². The van der Waals surface area contributed by atoms with Gasteiger partial charge in [-0.1, -0.05) is 6.07 Å². The van der Waals surface area contributed by atoms with Crippen LogP contribution in [0, 0.1) is 10.1 Å². The summed E-state index contributed by atoms with van der Waals surface area (Å²) in [6, 6.07) is 9.18. The van der Waals surface area contributed by atoms with Crippen molar-refractivity contribution in [2.75, 3.05) is 20.8 Å². The molecule has 140 valence electrons. The molecule has 0 spiro atoms. The van der Waals surface area contributed by atoms with E-state index in [-0.39, 0.29) is 17.1 Å². The Morgan fingerprint density at radius 2 is 1.73 bits per heavy atom. The fraction of sp³-hybridized carbons (Fsp3) is 0.250. The lowest BCUT2D eigenvalue weighted by Gasteiger charge is -2.15. The zero-order valence-corrected chi connectivity index (χ0v) is 14.9. The van der Waals surface area contributed by atoms with Gasteiger partial charge in [0.15, 0.2) is 11.5 Å². The Balaban J connectivity index is 2.10. The summed E-state index contributed by atoms with van der Waals surface area (Å²) in [4.78, 5) is 9.86. The van der Waals surface area contributed by atoms with Gasteiger partial charge in [-0.25, -0.2) is 13.1 Å². The van der Waals surface area contributed by atoms with Gasteiger partial charge in [0.2, 0.25) is 10.0 Å². The Hall–Kier alpha value is -2.69. The summed E-state index contributed by atoms with van der Waals surface area (Å²) < 4.78 is 37.0. The number of hydrogen-bond acceptors (Lipinski definition) is 7. The van der Waals surface area contributed by atoms with Crippen molar-refractivity contribution < 1.29 is 27.9 Å². The van der Waals surface area contributed by atoms with Gasteiger partial charge in [-0.05, 0) is 29.8 Å². The molecule has 0 bridgehead atoms. The van der Waals surface area contributed by atoms with Crippen molar-refractivity contribution in [1.82, 2.24) is 4.72 Å². The lowest BCUT2D eigenvalue weighted by atomic mass is 10.1. The molecule has 10 heteroatoms. The molecule has 2 N–H and O–H groups in total. The molecule has 0 saturated carbocycles. The molecular formula is C16H18N2O7S. The van der Waals surface area contributed by atoms with Gasteiger partial charge in [0.25, 0.3) is 5.69 Å². The van der Waals surface area contributed by atoms with Crippen molar-refractivity contribution in [2.24, 2.45) is 0 Å². The quantitative estimate of drug-likeness (QED) is 0.524. The van der Waals surface area contributed by atoms with Crippen molar-refractivity contribution in [1.29, 1.82) is 0 Å². The number of sulfonamides is 1. The molecule has 0 heterocycles. The summed E-state index contributed by atoms with van der Waals surface area (Å²) in [7, 11) is -0.995. The Labute approximate surface area is 150 Å². The van der Waals surface area contributed by atoms with E-state index in [4.69, 9.17) is 9.47 Å². The molecule has 0 aliphatic heterocycles. The predicted molar refractivity (Wildman–Crippen MR) is 92.8 cm³/mol. The zero-order valence-electron chi connectivity index (χ0n) is 14.1. The number of ether oxygens (including phenoxy) is 2. The number of nitrogens with zero attached hydrogens (tertiary/aromatic N) is 1. The summed E-state index contributed by atoms with van der Waals surface area (Å²) in [6.07, 6.45) is -1.12.